The molecular weight excluding hydrogens is 970 g/mol. The summed E-state index contributed by atoms with van der Waals surface area (Å²) in [6, 6.07) is -0.913. The second-order valence-electron chi connectivity index (χ2n) is 21.2. The SMILES string of the molecule is C/C1=C2N=C(/C=C3\N/C(=C(/C)C4=N[C@@](C)(C5N=C1[C@](C)(CCC(=O)NC[C@H](C)O)[C@H]5CC(N)=O)[C@@](C)(CC(N)=O)[C@@H]4CCC(N)=O)[C@@](C)(CC(N)=O)[C@@H]3CCC(N)=O)C(C)(C)[C@@H]/2CCC(N)=O.[C-]#N.[C-]#N.[Co+2]. The number of aliphatic hydroxyl groups excluding tert-OH is 1. The van der Waals surface area contributed by atoms with Crippen LogP contribution in [-0.4, -0.2) is 87.8 Å². The molecule has 395 valence electrons. The second-order valence-corrected chi connectivity index (χ2v) is 21.2. The van der Waals surface area contributed by atoms with Gasteiger partial charge in [-0.15, -0.1) is 0 Å². The molecule has 1 radical (unpaired) electrons. The molecule has 0 aromatic rings. The third-order valence-corrected chi connectivity index (χ3v) is 16.1. The summed E-state index contributed by atoms with van der Waals surface area (Å²) in [5, 5.41) is 28.9. The maximum Gasteiger partial charge on any atom is 2.00 e. The standard InChI is InChI=1S/C48H73N11O8.2CN.Co/c1-23(60)22-55-38(67)16-17-45(6)29(18-35(52)64)43-48(9)47(8,21-37(54)66)28(12-15-34(51)63)40(59-48)25(3)42-46(7,20-36(53)65)26(10-13-32(49)61)30(56-42)19-31-44(4,5)27(11-14-33(50)62)39(57-31)24(2)41(45)58-43;2*1-2;/h19,23,26-29,43,56,60H,10-18,20-22H2,1-9H3,(H2,49,61)(H2,50,62)(H2,51,63)(H2,52,64)(H2,53,65)(H2,54,66)(H,55,67);;;/q;2*-1;+2/b30-19-,39-24-,42-25-;;;/t23-,26+,27+,28+,29-,43?,45+,46-,47-,48-;;;/m0.../s1. The van der Waals surface area contributed by atoms with Crippen LogP contribution >= 0.6 is 0 Å². The Morgan fingerprint density at radius 3 is 1.74 bits per heavy atom. The van der Waals surface area contributed by atoms with E-state index in [1.807, 2.05) is 61.5 Å². The van der Waals surface area contributed by atoms with Crippen LogP contribution in [0.15, 0.2) is 49.3 Å². The predicted molar refractivity (Wildman–Crippen MR) is 264 cm³/mol. The van der Waals surface area contributed by atoms with E-state index < -0.39 is 98.5 Å². The number of nitrogens with one attached hydrogen (secondary N) is 2. The number of amides is 7. The third-order valence-electron chi connectivity index (χ3n) is 16.1. The quantitative estimate of drug-likeness (QED) is 0.0794. The number of nitrogens with two attached hydrogens (primary N) is 6. The van der Waals surface area contributed by atoms with Crippen LogP contribution in [0.25, 0.3) is 0 Å². The minimum absolute atomic E-state index is 0. The van der Waals surface area contributed by atoms with Gasteiger partial charge in [-0.1, -0.05) is 34.6 Å². The number of carbonyl (C=O) groups excluding carboxylic acids is 7. The van der Waals surface area contributed by atoms with Gasteiger partial charge in [0.15, 0.2) is 0 Å². The molecule has 0 aromatic carbocycles. The molecule has 8 bridgehead atoms. The van der Waals surface area contributed by atoms with Crippen LogP contribution in [0, 0.1) is 69.0 Å². The van der Waals surface area contributed by atoms with Gasteiger partial charge in [0.1, 0.15) is 0 Å². The average Bonchev–Trinajstić information content (AvgIpc) is 3.88. The predicted octanol–water partition coefficient (Wildman–Crippen LogP) is 1.93. The van der Waals surface area contributed by atoms with E-state index in [1.165, 1.54) is 0 Å². The Labute approximate surface area is 432 Å². The van der Waals surface area contributed by atoms with E-state index in [9.17, 15) is 38.7 Å². The van der Waals surface area contributed by atoms with Crippen molar-refractivity contribution >= 4 is 58.5 Å². The number of hydrogen-bond acceptors (Lipinski definition) is 14. The van der Waals surface area contributed by atoms with Crippen molar-refractivity contribution in [2.24, 2.45) is 94.7 Å². The molecule has 0 aromatic heterocycles. The Morgan fingerprint density at radius 2 is 1.25 bits per heavy atom. The van der Waals surface area contributed by atoms with Crippen LogP contribution in [0.1, 0.15) is 133 Å². The molecule has 1 saturated heterocycles. The van der Waals surface area contributed by atoms with Gasteiger partial charge < -0.3 is 73.8 Å². The van der Waals surface area contributed by atoms with Crippen molar-refractivity contribution in [1.82, 2.24) is 10.6 Å². The van der Waals surface area contributed by atoms with Gasteiger partial charge in [-0.2, -0.15) is 0 Å². The Morgan fingerprint density at radius 1 is 0.736 bits per heavy atom. The van der Waals surface area contributed by atoms with Crippen LogP contribution in [0.5, 0.6) is 0 Å². The van der Waals surface area contributed by atoms with E-state index >= 15 is 0 Å². The molecule has 10 atom stereocenters. The number of allylic oxidation sites excluding steroid dienone is 6. The molecule has 21 nitrogen and oxygen atoms in total. The molecule has 1 fully saturated rings. The van der Waals surface area contributed by atoms with E-state index in [0.717, 1.165) is 0 Å². The van der Waals surface area contributed by atoms with Crippen LogP contribution < -0.4 is 45.0 Å². The summed E-state index contributed by atoms with van der Waals surface area (Å²) >= 11 is 0. The minimum atomic E-state index is -1.39. The van der Waals surface area contributed by atoms with Gasteiger partial charge in [0.25, 0.3) is 0 Å². The Bertz CT molecular complexity index is 2410. The fourth-order valence-corrected chi connectivity index (χ4v) is 12.3. The van der Waals surface area contributed by atoms with Crippen molar-refractivity contribution in [2.45, 2.75) is 151 Å². The summed E-state index contributed by atoms with van der Waals surface area (Å²) in [5.74, 6) is -6.25. The van der Waals surface area contributed by atoms with E-state index in [2.05, 4.69) is 10.6 Å². The van der Waals surface area contributed by atoms with E-state index in [4.69, 9.17) is 73.0 Å². The minimum Gasteiger partial charge on any atom is -0.512 e. The molecule has 5 rings (SSSR count). The number of aliphatic imine (C=N–C) groups is 3. The molecule has 1 unspecified atom stereocenters. The number of aliphatic hydroxyl groups is 1. The fraction of sp³-hybridized carbons (Fsp3) is 0.640. The molecule has 5 heterocycles. The van der Waals surface area contributed by atoms with Crippen LogP contribution in [0.4, 0.5) is 0 Å². The zero-order valence-electron chi connectivity index (χ0n) is 42.9. The number of hydrogen-bond donors (Lipinski definition) is 9. The molecule has 0 spiro atoms. The molecule has 5 aliphatic rings. The van der Waals surface area contributed by atoms with Crippen molar-refractivity contribution in [1.29, 1.82) is 10.5 Å². The molecule has 0 aliphatic carbocycles. The number of fused-ring (bicyclic) bond motifs is 6. The molecule has 7 amide bonds. The molecule has 5 aliphatic heterocycles. The Kier molecular flexibility index (Phi) is 20.6. The smallest absolute Gasteiger partial charge is 0.512 e. The van der Waals surface area contributed by atoms with Gasteiger partial charge in [-0.25, -0.2) is 0 Å². The van der Waals surface area contributed by atoms with Crippen LogP contribution in [-0.2, 0) is 50.3 Å². The van der Waals surface area contributed by atoms with E-state index in [-0.39, 0.29) is 93.4 Å². The van der Waals surface area contributed by atoms with E-state index in [0.29, 0.717) is 51.8 Å². The van der Waals surface area contributed by atoms with Crippen molar-refractivity contribution in [3.63, 3.8) is 0 Å². The van der Waals surface area contributed by atoms with Gasteiger partial charge >= 0.3 is 16.8 Å². The monoisotopic (exact) mass is 1040 g/mol. The normalized spacial score (nSPS) is 32.8. The third kappa shape index (κ3) is 12.2. The number of nitrogens with zero attached hydrogens (tertiary/aromatic N) is 5. The van der Waals surface area contributed by atoms with Crippen molar-refractivity contribution in [2.75, 3.05) is 6.54 Å². The van der Waals surface area contributed by atoms with Crippen molar-refractivity contribution in [3.05, 3.63) is 47.5 Å². The van der Waals surface area contributed by atoms with Gasteiger partial charge in [-0.05, 0) is 70.6 Å². The molecule has 22 heteroatoms. The largest absolute Gasteiger partial charge is 2.00 e. The average molecular weight is 1040 g/mol. The molecule has 0 saturated carbocycles. The summed E-state index contributed by atoms with van der Waals surface area (Å²) in [7, 11) is 0. The maximum atomic E-state index is 13.5. The zero-order valence-corrected chi connectivity index (χ0v) is 43.9. The van der Waals surface area contributed by atoms with Crippen molar-refractivity contribution in [3.8, 4) is 0 Å². The second kappa shape index (κ2) is 24.0. The topological polar surface area (TPSA) is 405 Å². The molecular formula is C50H73CoN13O8. The number of carbonyl (C=O) groups is 7. The zero-order chi connectivity index (χ0) is 54.4. The summed E-state index contributed by atoms with van der Waals surface area (Å²) in [4.78, 5) is 108. The first-order valence-corrected chi connectivity index (χ1v) is 23.7. The van der Waals surface area contributed by atoms with Crippen molar-refractivity contribution < 1.29 is 55.4 Å². The molecule has 72 heavy (non-hydrogen) atoms. The summed E-state index contributed by atoms with van der Waals surface area (Å²) in [6.45, 7) is 26.4. The number of rotatable bonds is 20. The summed E-state index contributed by atoms with van der Waals surface area (Å²) in [5.41, 5.74) is 34.9. The van der Waals surface area contributed by atoms with E-state index in [1.54, 1.807) is 6.92 Å². The van der Waals surface area contributed by atoms with Gasteiger partial charge in [-0.3, -0.25) is 48.5 Å². The first kappa shape index (κ1) is 61.9. The first-order chi connectivity index (χ1) is 32.9. The van der Waals surface area contributed by atoms with Gasteiger partial charge in [0, 0.05) is 131 Å². The Balaban J connectivity index is 0.00000346. The first-order valence-electron chi connectivity index (χ1n) is 23.7. The summed E-state index contributed by atoms with van der Waals surface area (Å²) in [6.07, 6.45) is 1.23. The Hall–Kier alpha value is -6.23. The fourth-order valence-electron chi connectivity index (χ4n) is 12.3. The van der Waals surface area contributed by atoms with Gasteiger partial charge in [0.2, 0.25) is 41.4 Å². The summed E-state index contributed by atoms with van der Waals surface area (Å²) < 4.78 is 0. The van der Waals surface area contributed by atoms with Crippen LogP contribution in [0.3, 0.4) is 0 Å². The number of primary amides is 6. The van der Waals surface area contributed by atoms with Gasteiger partial charge in [0.05, 0.1) is 17.7 Å². The molecule has 15 N–H and O–H groups in total. The maximum absolute atomic E-state index is 13.5. The van der Waals surface area contributed by atoms with Crippen LogP contribution in [0.2, 0.25) is 0 Å².